The van der Waals surface area contributed by atoms with Crippen LogP contribution in [-0.4, -0.2) is 67.0 Å². The lowest BCUT2D eigenvalue weighted by atomic mass is 10.0. The third kappa shape index (κ3) is 3.72. The van der Waals surface area contributed by atoms with Crippen molar-refractivity contribution in [3.05, 3.63) is 23.5 Å². The van der Waals surface area contributed by atoms with E-state index in [1.807, 2.05) is 18.7 Å². The topological polar surface area (TPSA) is 39.7 Å². The third-order valence-electron chi connectivity index (χ3n) is 5.24. The number of anilines is 1. The SMILES string of the molecule is Cc1cc(N2CCN(C)CC2)cc(C2CCN(C(=O)C(C)C)C2)n1. The minimum Gasteiger partial charge on any atom is -0.369 e. The van der Waals surface area contributed by atoms with Crippen LogP contribution in [0.2, 0.25) is 0 Å². The molecule has 1 unspecified atom stereocenters. The van der Waals surface area contributed by atoms with Gasteiger partial charge in [-0.1, -0.05) is 13.8 Å². The second-order valence-electron chi connectivity index (χ2n) is 7.61. The molecule has 1 amide bonds. The lowest BCUT2D eigenvalue weighted by Gasteiger charge is -2.34. The van der Waals surface area contributed by atoms with Crippen molar-refractivity contribution in [2.75, 3.05) is 51.2 Å². The molecule has 1 aromatic rings. The maximum Gasteiger partial charge on any atom is 0.225 e. The molecule has 5 nitrogen and oxygen atoms in total. The van der Waals surface area contributed by atoms with Crippen molar-refractivity contribution in [2.24, 2.45) is 5.92 Å². The van der Waals surface area contributed by atoms with Crippen LogP contribution >= 0.6 is 0 Å². The average molecular weight is 330 g/mol. The molecular formula is C19H30N4O. The van der Waals surface area contributed by atoms with Gasteiger partial charge in [0.05, 0.1) is 0 Å². The molecule has 0 N–H and O–H groups in total. The number of aromatic nitrogens is 1. The number of hydrogen-bond acceptors (Lipinski definition) is 4. The zero-order chi connectivity index (χ0) is 17.3. The number of likely N-dealkylation sites (tertiary alicyclic amines) is 1. The van der Waals surface area contributed by atoms with E-state index in [2.05, 4.69) is 35.9 Å². The highest BCUT2D eigenvalue weighted by Crippen LogP contribution is 2.30. The molecular weight excluding hydrogens is 300 g/mol. The highest BCUT2D eigenvalue weighted by atomic mass is 16.2. The number of carbonyl (C=O) groups excluding carboxylic acids is 1. The monoisotopic (exact) mass is 330 g/mol. The Morgan fingerprint density at radius 2 is 1.88 bits per heavy atom. The fourth-order valence-electron chi connectivity index (χ4n) is 3.70. The van der Waals surface area contributed by atoms with Gasteiger partial charge in [0.2, 0.25) is 5.91 Å². The van der Waals surface area contributed by atoms with Gasteiger partial charge in [0.25, 0.3) is 0 Å². The molecule has 1 aromatic heterocycles. The molecule has 1 atom stereocenters. The number of hydrogen-bond donors (Lipinski definition) is 0. The summed E-state index contributed by atoms with van der Waals surface area (Å²) in [5.74, 6) is 0.721. The summed E-state index contributed by atoms with van der Waals surface area (Å²) >= 11 is 0. The first kappa shape index (κ1) is 17.2. The second kappa shape index (κ2) is 7.09. The number of piperazine rings is 1. The quantitative estimate of drug-likeness (QED) is 0.851. The van der Waals surface area contributed by atoms with E-state index in [-0.39, 0.29) is 11.8 Å². The van der Waals surface area contributed by atoms with Gasteiger partial charge in [0, 0.05) is 68.2 Å². The van der Waals surface area contributed by atoms with Crippen LogP contribution in [0.4, 0.5) is 5.69 Å². The molecule has 3 rings (SSSR count). The predicted molar refractivity (Wildman–Crippen MR) is 97.5 cm³/mol. The van der Waals surface area contributed by atoms with Gasteiger partial charge in [-0.3, -0.25) is 9.78 Å². The third-order valence-corrected chi connectivity index (χ3v) is 5.24. The number of carbonyl (C=O) groups is 1. The second-order valence-corrected chi connectivity index (χ2v) is 7.61. The molecule has 5 heteroatoms. The van der Waals surface area contributed by atoms with E-state index in [1.54, 1.807) is 0 Å². The Morgan fingerprint density at radius 3 is 2.54 bits per heavy atom. The fraction of sp³-hybridized carbons (Fsp3) is 0.684. The lowest BCUT2D eigenvalue weighted by molar-refractivity contribution is -0.133. The Labute approximate surface area is 145 Å². The summed E-state index contributed by atoms with van der Waals surface area (Å²) in [7, 11) is 2.18. The normalized spacial score (nSPS) is 22.5. The van der Waals surface area contributed by atoms with Gasteiger partial charge >= 0.3 is 0 Å². The molecule has 0 saturated carbocycles. The zero-order valence-corrected chi connectivity index (χ0v) is 15.5. The van der Waals surface area contributed by atoms with Gasteiger partial charge in [-0.15, -0.1) is 0 Å². The Hall–Kier alpha value is -1.62. The van der Waals surface area contributed by atoms with Crippen LogP contribution in [0.25, 0.3) is 0 Å². The molecule has 2 aliphatic heterocycles. The lowest BCUT2D eigenvalue weighted by Crippen LogP contribution is -2.44. The van der Waals surface area contributed by atoms with Crippen LogP contribution in [0.3, 0.4) is 0 Å². The van der Waals surface area contributed by atoms with Gasteiger partial charge in [0.15, 0.2) is 0 Å². The smallest absolute Gasteiger partial charge is 0.225 e. The summed E-state index contributed by atoms with van der Waals surface area (Å²) in [4.78, 5) is 23.9. The minimum absolute atomic E-state index is 0.0788. The molecule has 0 aromatic carbocycles. The summed E-state index contributed by atoms with van der Waals surface area (Å²) in [5.41, 5.74) is 3.53. The molecule has 2 saturated heterocycles. The molecule has 2 fully saturated rings. The van der Waals surface area contributed by atoms with Crippen LogP contribution < -0.4 is 4.90 Å². The van der Waals surface area contributed by atoms with Crippen molar-refractivity contribution >= 4 is 11.6 Å². The van der Waals surface area contributed by atoms with Gasteiger partial charge in [-0.05, 0) is 32.5 Å². The van der Waals surface area contributed by atoms with Gasteiger partial charge < -0.3 is 14.7 Å². The van der Waals surface area contributed by atoms with Crippen molar-refractivity contribution in [3.8, 4) is 0 Å². The Morgan fingerprint density at radius 1 is 1.17 bits per heavy atom. The van der Waals surface area contributed by atoms with Crippen LogP contribution in [0.5, 0.6) is 0 Å². The summed E-state index contributed by atoms with van der Waals surface area (Å²) in [6, 6.07) is 4.45. The van der Waals surface area contributed by atoms with Gasteiger partial charge in [0.1, 0.15) is 0 Å². The molecule has 2 aliphatic rings. The molecule has 0 spiro atoms. The number of rotatable bonds is 3. The van der Waals surface area contributed by atoms with Crippen molar-refractivity contribution in [2.45, 2.75) is 33.1 Å². The Bertz CT molecular complexity index is 593. The number of nitrogens with zero attached hydrogens (tertiary/aromatic N) is 4. The van der Waals surface area contributed by atoms with E-state index in [9.17, 15) is 4.79 Å². The summed E-state index contributed by atoms with van der Waals surface area (Å²) in [5, 5.41) is 0. The number of likely N-dealkylation sites (N-methyl/N-ethyl adjacent to an activating group) is 1. The average Bonchev–Trinajstić information content (AvgIpc) is 3.04. The molecule has 3 heterocycles. The molecule has 132 valence electrons. The van der Waals surface area contributed by atoms with E-state index in [0.29, 0.717) is 5.92 Å². The van der Waals surface area contributed by atoms with Crippen LogP contribution in [0.1, 0.15) is 37.6 Å². The Kier molecular flexibility index (Phi) is 5.09. The zero-order valence-electron chi connectivity index (χ0n) is 15.5. The standard InChI is InChI=1S/C19H30N4O/c1-14(2)19(24)23-6-5-16(13-23)18-12-17(11-15(3)20-18)22-9-7-21(4)8-10-22/h11-12,14,16H,5-10,13H2,1-4H3. The number of pyridine rings is 1. The predicted octanol–water partition coefficient (Wildman–Crippen LogP) is 2.11. The first-order valence-corrected chi connectivity index (χ1v) is 9.15. The van der Waals surface area contributed by atoms with Crippen LogP contribution in [0.15, 0.2) is 12.1 Å². The maximum absolute atomic E-state index is 12.2. The summed E-state index contributed by atoms with van der Waals surface area (Å²) in [6.07, 6.45) is 1.02. The van der Waals surface area contributed by atoms with Crippen molar-refractivity contribution < 1.29 is 4.79 Å². The van der Waals surface area contributed by atoms with Gasteiger partial charge in [-0.25, -0.2) is 0 Å². The Balaban J connectivity index is 1.74. The first-order chi connectivity index (χ1) is 11.4. The molecule has 24 heavy (non-hydrogen) atoms. The summed E-state index contributed by atoms with van der Waals surface area (Å²) in [6.45, 7) is 12.1. The van der Waals surface area contributed by atoms with Crippen molar-refractivity contribution in [3.63, 3.8) is 0 Å². The number of aryl methyl sites for hydroxylation is 1. The highest BCUT2D eigenvalue weighted by Gasteiger charge is 2.30. The molecule has 0 aliphatic carbocycles. The minimum atomic E-state index is 0.0788. The fourth-order valence-corrected chi connectivity index (χ4v) is 3.70. The van der Waals surface area contributed by atoms with E-state index >= 15 is 0 Å². The van der Waals surface area contributed by atoms with E-state index < -0.39 is 0 Å². The largest absolute Gasteiger partial charge is 0.369 e. The summed E-state index contributed by atoms with van der Waals surface area (Å²) < 4.78 is 0. The van der Waals surface area contributed by atoms with Crippen molar-refractivity contribution in [1.82, 2.24) is 14.8 Å². The van der Waals surface area contributed by atoms with Gasteiger partial charge in [-0.2, -0.15) is 0 Å². The van der Waals surface area contributed by atoms with Crippen LogP contribution in [-0.2, 0) is 4.79 Å². The first-order valence-electron chi connectivity index (χ1n) is 9.15. The van der Waals surface area contributed by atoms with E-state index in [4.69, 9.17) is 4.98 Å². The maximum atomic E-state index is 12.2. The molecule has 0 bridgehead atoms. The van der Waals surface area contributed by atoms with Crippen LogP contribution in [0, 0.1) is 12.8 Å². The highest BCUT2D eigenvalue weighted by molar-refractivity contribution is 5.78. The number of amides is 1. The van der Waals surface area contributed by atoms with Crippen molar-refractivity contribution in [1.29, 1.82) is 0 Å². The molecule has 0 radical (unpaired) electrons. The van der Waals surface area contributed by atoms with E-state index in [1.165, 1.54) is 5.69 Å². The van der Waals surface area contributed by atoms with E-state index in [0.717, 1.165) is 57.1 Å².